The fraction of sp³-hybridized carbons (Fsp3) is 0.500. The number of nitro benzene ring substituents is 1. The summed E-state index contributed by atoms with van der Waals surface area (Å²) in [5.74, 6) is 0.000446. The molecule has 0 saturated carbocycles. The Bertz CT molecular complexity index is 630. The zero-order chi connectivity index (χ0) is 17.0. The predicted molar refractivity (Wildman–Crippen MR) is 86.7 cm³/mol. The molecule has 1 unspecified atom stereocenters. The Morgan fingerprint density at radius 2 is 2.13 bits per heavy atom. The van der Waals surface area contributed by atoms with E-state index in [1.807, 2.05) is 4.90 Å². The van der Waals surface area contributed by atoms with E-state index >= 15 is 0 Å². The van der Waals surface area contributed by atoms with E-state index in [0.717, 1.165) is 19.4 Å². The number of benzene rings is 1. The highest BCUT2D eigenvalue weighted by atomic mass is 16.6. The van der Waals surface area contributed by atoms with Crippen molar-refractivity contribution in [3.63, 3.8) is 0 Å². The summed E-state index contributed by atoms with van der Waals surface area (Å²) in [6, 6.07) is 4.62. The molecule has 7 heteroatoms. The number of anilines is 1. The molecule has 0 aromatic heterocycles. The highest BCUT2D eigenvalue weighted by Gasteiger charge is 2.26. The smallest absolute Gasteiger partial charge is 0.293 e. The number of nitrogens with zero attached hydrogens (tertiary/aromatic N) is 2. The van der Waals surface area contributed by atoms with E-state index in [-0.39, 0.29) is 23.3 Å². The normalized spacial score (nSPS) is 17.7. The van der Waals surface area contributed by atoms with Gasteiger partial charge in [-0.3, -0.25) is 19.7 Å². The Kier molecular flexibility index (Phi) is 5.31. The Morgan fingerprint density at radius 1 is 1.39 bits per heavy atom. The molecule has 1 aliphatic rings. The van der Waals surface area contributed by atoms with Crippen LogP contribution >= 0.6 is 0 Å². The number of hydrogen-bond acceptors (Lipinski definition) is 5. The van der Waals surface area contributed by atoms with Gasteiger partial charge in [-0.1, -0.05) is 0 Å². The van der Waals surface area contributed by atoms with E-state index in [1.165, 1.54) is 19.9 Å². The first-order chi connectivity index (χ1) is 10.9. The second-order valence-corrected chi connectivity index (χ2v) is 5.91. The molecule has 0 radical (unpaired) electrons. The molecule has 0 aliphatic carbocycles. The molecule has 1 saturated heterocycles. The van der Waals surface area contributed by atoms with Crippen LogP contribution in [0.4, 0.5) is 11.4 Å². The summed E-state index contributed by atoms with van der Waals surface area (Å²) in [6.07, 6.45) is 1.89. The molecular formula is C16H21N3O4. The summed E-state index contributed by atoms with van der Waals surface area (Å²) < 4.78 is 0. The van der Waals surface area contributed by atoms with Crippen molar-refractivity contribution in [1.29, 1.82) is 0 Å². The first-order valence-corrected chi connectivity index (χ1v) is 7.67. The van der Waals surface area contributed by atoms with Crippen LogP contribution in [0.5, 0.6) is 0 Å². The molecular weight excluding hydrogens is 298 g/mol. The van der Waals surface area contributed by atoms with E-state index in [1.54, 1.807) is 12.1 Å². The predicted octanol–water partition coefficient (Wildman–Crippen LogP) is 2.15. The van der Waals surface area contributed by atoms with Crippen molar-refractivity contribution in [3.8, 4) is 0 Å². The van der Waals surface area contributed by atoms with Gasteiger partial charge in [0.05, 0.1) is 4.92 Å². The van der Waals surface area contributed by atoms with Crippen molar-refractivity contribution in [1.82, 2.24) is 5.32 Å². The molecule has 0 bridgehead atoms. The Labute approximate surface area is 134 Å². The van der Waals surface area contributed by atoms with Crippen molar-refractivity contribution in [3.05, 3.63) is 33.9 Å². The van der Waals surface area contributed by atoms with Gasteiger partial charge in [-0.05, 0) is 37.8 Å². The number of amides is 1. The van der Waals surface area contributed by atoms with Crippen LogP contribution in [0.25, 0.3) is 0 Å². The summed E-state index contributed by atoms with van der Waals surface area (Å²) >= 11 is 0. The molecule has 1 N–H and O–H groups in total. The van der Waals surface area contributed by atoms with Gasteiger partial charge in [0.2, 0.25) is 5.91 Å². The van der Waals surface area contributed by atoms with E-state index in [2.05, 4.69) is 5.32 Å². The number of rotatable bonds is 5. The van der Waals surface area contributed by atoms with Crippen LogP contribution in [0.15, 0.2) is 18.2 Å². The number of Topliss-reactive ketones (excluding diaryl/α,β-unsaturated/α-hetero) is 1. The van der Waals surface area contributed by atoms with Gasteiger partial charge >= 0.3 is 0 Å². The number of nitrogens with one attached hydrogen (secondary N) is 1. The molecule has 1 aliphatic heterocycles. The maximum absolute atomic E-state index is 11.4. The van der Waals surface area contributed by atoms with Gasteiger partial charge in [0, 0.05) is 38.2 Å². The highest BCUT2D eigenvalue weighted by molar-refractivity contribution is 5.95. The summed E-state index contributed by atoms with van der Waals surface area (Å²) in [5.41, 5.74) is 0.831. The largest absolute Gasteiger partial charge is 0.366 e. The van der Waals surface area contributed by atoms with E-state index in [9.17, 15) is 19.7 Å². The van der Waals surface area contributed by atoms with Crippen molar-refractivity contribution < 1.29 is 14.5 Å². The molecule has 1 amide bonds. The van der Waals surface area contributed by atoms with Gasteiger partial charge < -0.3 is 10.2 Å². The van der Waals surface area contributed by atoms with Crippen LogP contribution in [0.1, 0.15) is 37.0 Å². The number of ketones is 1. The minimum Gasteiger partial charge on any atom is -0.366 e. The molecule has 2 rings (SSSR count). The molecule has 0 spiro atoms. The molecule has 1 atom stereocenters. The zero-order valence-electron chi connectivity index (χ0n) is 13.4. The van der Waals surface area contributed by atoms with E-state index in [4.69, 9.17) is 0 Å². The molecule has 1 fully saturated rings. The van der Waals surface area contributed by atoms with E-state index < -0.39 is 4.92 Å². The average molecular weight is 319 g/mol. The molecule has 1 aromatic carbocycles. The van der Waals surface area contributed by atoms with Gasteiger partial charge in [-0.25, -0.2) is 0 Å². The van der Waals surface area contributed by atoms with Crippen molar-refractivity contribution >= 4 is 23.1 Å². The summed E-state index contributed by atoms with van der Waals surface area (Å²) in [4.78, 5) is 35.3. The lowest BCUT2D eigenvalue weighted by Crippen LogP contribution is -2.40. The molecule has 7 nitrogen and oxygen atoms in total. The van der Waals surface area contributed by atoms with Crippen LogP contribution in [0.3, 0.4) is 0 Å². The Morgan fingerprint density at radius 3 is 2.74 bits per heavy atom. The number of carbonyl (C=O) groups excluding carboxylic acids is 2. The van der Waals surface area contributed by atoms with Gasteiger partial charge in [0.1, 0.15) is 5.69 Å². The van der Waals surface area contributed by atoms with Crippen LogP contribution in [0.2, 0.25) is 0 Å². The third kappa shape index (κ3) is 4.28. The van der Waals surface area contributed by atoms with Crippen LogP contribution in [0, 0.1) is 16.0 Å². The minimum absolute atomic E-state index is 0.0436. The first-order valence-electron chi connectivity index (χ1n) is 7.67. The van der Waals surface area contributed by atoms with Gasteiger partial charge in [0.15, 0.2) is 5.78 Å². The molecule has 1 heterocycles. The van der Waals surface area contributed by atoms with Crippen LogP contribution in [-0.2, 0) is 4.79 Å². The number of carbonyl (C=O) groups is 2. The first kappa shape index (κ1) is 16.9. The summed E-state index contributed by atoms with van der Waals surface area (Å²) in [6.45, 7) is 4.83. The highest BCUT2D eigenvalue weighted by Crippen LogP contribution is 2.32. The molecule has 23 heavy (non-hydrogen) atoms. The SMILES string of the molecule is CC(=O)NCC1CCCN(c2ccc(C(C)=O)cc2[N+](=O)[O-])C1. The van der Waals surface area contributed by atoms with Crippen molar-refractivity contribution in [2.75, 3.05) is 24.5 Å². The topological polar surface area (TPSA) is 92.6 Å². The maximum atomic E-state index is 11.4. The third-order valence-electron chi connectivity index (χ3n) is 4.08. The fourth-order valence-electron chi connectivity index (χ4n) is 2.89. The van der Waals surface area contributed by atoms with Crippen LogP contribution in [-0.4, -0.2) is 36.2 Å². The lowest BCUT2D eigenvalue weighted by molar-refractivity contribution is -0.384. The van der Waals surface area contributed by atoms with Gasteiger partial charge in [-0.2, -0.15) is 0 Å². The third-order valence-corrected chi connectivity index (χ3v) is 4.08. The lowest BCUT2D eigenvalue weighted by atomic mass is 9.97. The second kappa shape index (κ2) is 7.21. The van der Waals surface area contributed by atoms with Gasteiger partial charge in [0.25, 0.3) is 5.69 Å². The lowest BCUT2D eigenvalue weighted by Gasteiger charge is -2.34. The standard InChI is InChI=1S/C16H21N3O4/c1-11(20)14-5-6-15(16(8-14)19(22)23)18-7-3-4-13(10-18)9-17-12(2)21/h5-6,8,13H,3-4,7,9-10H2,1-2H3,(H,17,21). The van der Waals surface area contributed by atoms with Crippen molar-refractivity contribution in [2.45, 2.75) is 26.7 Å². The number of nitro groups is 1. The quantitative estimate of drug-likeness (QED) is 0.510. The molecule has 124 valence electrons. The second-order valence-electron chi connectivity index (χ2n) is 5.91. The number of piperidine rings is 1. The average Bonchev–Trinajstić information content (AvgIpc) is 2.52. The summed E-state index contributed by atoms with van der Waals surface area (Å²) in [5, 5.41) is 14.2. The molecule has 1 aromatic rings. The van der Waals surface area contributed by atoms with E-state index in [0.29, 0.717) is 24.3 Å². The minimum atomic E-state index is -0.445. The fourth-order valence-corrected chi connectivity index (χ4v) is 2.89. The Hall–Kier alpha value is -2.44. The summed E-state index contributed by atoms with van der Waals surface area (Å²) in [7, 11) is 0. The Balaban J connectivity index is 2.21. The maximum Gasteiger partial charge on any atom is 0.293 e. The number of hydrogen-bond donors (Lipinski definition) is 1. The van der Waals surface area contributed by atoms with Gasteiger partial charge in [-0.15, -0.1) is 0 Å². The van der Waals surface area contributed by atoms with Crippen LogP contribution < -0.4 is 10.2 Å². The monoisotopic (exact) mass is 319 g/mol. The van der Waals surface area contributed by atoms with Crippen molar-refractivity contribution in [2.24, 2.45) is 5.92 Å². The zero-order valence-corrected chi connectivity index (χ0v) is 13.4.